The molecule has 1 aromatic rings. The van der Waals surface area contributed by atoms with Gasteiger partial charge < -0.3 is 0 Å². The number of hydrogen-bond acceptors (Lipinski definition) is 2. The van der Waals surface area contributed by atoms with Crippen LogP contribution in [0.25, 0.3) is 0 Å². The molecular weight excluding hydrogens is 174 g/mol. The first-order chi connectivity index (χ1) is 5.79. The molecule has 62 valence electrons. The summed E-state index contributed by atoms with van der Waals surface area (Å²) >= 11 is 5.65. The van der Waals surface area contributed by atoms with Gasteiger partial charge in [-0.1, -0.05) is 18.2 Å². The van der Waals surface area contributed by atoms with Gasteiger partial charge in [-0.25, -0.2) is 4.79 Å². The lowest BCUT2D eigenvalue weighted by molar-refractivity contribution is 0.565. The molecule has 0 radical (unpaired) electrons. The van der Waals surface area contributed by atoms with Crippen LogP contribution in [0.3, 0.4) is 0 Å². The number of carbonyl (C=O) groups excluding carboxylic acids is 1. The Bertz CT molecular complexity index is 329. The fraction of sp³-hybridized carbons (Fsp3) is 0.222. The first-order valence-electron chi connectivity index (χ1n) is 3.52. The monoisotopic (exact) mass is 181 g/mol. The van der Waals surface area contributed by atoms with Crippen LogP contribution >= 0.6 is 11.6 Å². The van der Waals surface area contributed by atoms with E-state index in [0.717, 1.165) is 11.1 Å². The fourth-order valence-electron chi connectivity index (χ4n) is 1.03. The standard InChI is InChI=1S/C9H8ClNO/c1-7-3-2-4-8(5-10)9(7)11-6-12/h2-4H,5H2,1H3. The molecule has 0 unspecified atom stereocenters. The van der Waals surface area contributed by atoms with E-state index in [9.17, 15) is 4.79 Å². The summed E-state index contributed by atoms with van der Waals surface area (Å²) < 4.78 is 0. The van der Waals surface area contributed by atoms with E-state index in [0.29, 0.717) is 11.6 Å². The van der Waals surface area contributed by atoms with Crippen LogP contribution in [0.4, 0.5) is 5.69 Å². The number of para-hydroxylation sites is 1. The van der Waals surface area contributed by atoms with Crippen LogP contribution in [-0.4, -0.2) is 6.08 Å². The number of nitrogens with zero attached hydrogens (tertiary/aromatic N) is 1. The summed E-state index contributed by atoms with van der Waals surface area (Å²) in [5.74, 6) is 0.363. The zero-order chi connectivity index (χ0) is 8.97. The van der Waals surface area contributed by atoms with Gasteiger partial charge in [0.05, 0.1) is 5.69 Å². The van der Waals surface area contributed by atoms with Crippen molar-refractivity contribution in [1.29, 1.82) is 0 Å². The first-order valence-corrected chi connectivity index (χ1v) is 4.05. The minimum absolute atomic E-state index is 0.363. The maximum atomic E-state index is 10.1. The van der Waals surface area contributed by atoms with Crippen molar-refractivity contribution in [2.75, 3.05) is 0 Å². The van der Waals surface area contributed by atoms with Crippen molar-refractivity contribution in [3.63, 3.8) is 0 Å². The Labute approximate surface area is 75.9 Å². The molecule has 0 aromatic heterocycles. The molecule has 3 heteroatoms. The van der Waals surface area contributed by atoms with Gasteiger partial charge in [-0.3, -0.25) is 0 Å². The van der Waals surface area contributed by atoms with Crippen LogP contribution in [0.1, 0.15) is 11.1 Å². The van der Waals surface area contributed by atoms with Crippen molar-refractivity contribution >= 4 is 23.4 Å². The predicted molar refractivity (Wildman–Crippen MR) is 48.5 cm³/mol. The van der Waals surface area contributed by atoms with Crippen LogP contribution in [-0.2, 0) is 10.7 Å². The molecular formula is C9H8ClNO. The Balaban J connectivity index is 3.28. The highest BCUT2D eigenvalue weighted by Crippen LogP contribution is 2.24. The summed E-state index contributed by atoms with van der Waals surface area (Å²) in [5.41, 5.74) is 2.44. The molecule has 0 amide bonds. The van der Waals surface area contributed by atoms with E-state index in [2.05, 4.69) is 4.99 Å². The minimum atomic E-state index is 0.363. The Morgan fingerprint density at radius 1 is 1.58 bits per heavy atom. The number of alkyl halides is 1. The third-order valence-electron chi connectivity index (χ3n) is 1.62. The average molecular weight is 182 g/mol. The van der Waals surface area contributed by atoms with Gasteiger partial charge in [-0.05, 0) is 18.1 Å². The van der Waals surface area contributed by atoms with Gasteiger partial charge in [0.2, 0.25) is 6.08 Å². The minimum Gasteiger partial charge on any atom is -0.211 e. The van der Waals surface area contributed by atoms with Crippen molar-refractivity contribution < 1.29 is 4.79 Å². The van der Waals surface area contributed by atoms with E-state index in [1.807, 2.05) is 25.1 Å². The molecule has 0 heterocycles. The maximum absolute atomic E-state index is 10.1. The third kappa shape index (κ3) is 1.73. The Morgan fingerprint density at radius 3 is 2.92 bits per heavy atom. The van der Waals surface area contributed by atoms with Crippen molar-refractivity contribution in [1.82, 2.24) is 0 Å². The highest BCUT2D eigenvalue weighted by atomic mass is 35.5. The SMILES string of the molecule is Cc1cccc(CCl)c1N=C=O. The molecule has 1 rings (SSSR count). The lowest BCUT2D eigenvalue weighted by atomic mass is 10.1. The van der Waals surface area contributed by atoms with E-state index < -0.39 is 0 Å². The molecule has 0 aliphatic carbocycles. The first kappa shape index (κ1) is 8.98. The lowest BCUT2D eigenvalue weighted by Gasteiger charge is -2.02. The Morgan fingerprint density at radius 2 is 2.33 bits per heavy atom. The molecule has 0 fully saturated rings. The Kier molecular flexibility index (Phi) is 3.03. The van der Waals surface area contributed by atoms with Crippen molar-refractivity contribution in [2.24, 2.45) is 4.99 Å². The van der Waals surface area contributed by atoms with Gasteiger partial charge in [-0.15, -0.1) is 11.6 Å². The smallest absolute Gasteiger partial charge is 0.211 e. The summed E-state index contributed by atoms with van der Waals surface area (Å²) in [4.78, 5) is 13.6. The quantitative estimate of drug-likeness (QED) is 0.392. The van der Waals surface area contributed by atoms with E-state index >= 15 is 0 Å². The van der Waals surface area contributed by atoms with Gasteiger partial charge in [0.25, 0.3) is 0 Å². The molecule has 0 saturated heterocycles. The molecule has 0 spiro atoms. The molecule has 0 aliphatic heterocycles. The maximum Gasteiger partial charge on any atom is 0.240 e. The second kappa shape index (κ2) is 4.05. The topological polar surface area (TPSA) is 29.4 Å². The number of halogens is 1. The third-order valence-corrected chi connectivity index (χ3v) is 1.91. The number of rotatable bonds is 2. The molecule has 0 bridgehead atoms. The fourth-order valence-corrected chi connectivity index (χ4v) is 1.25. The van der Waals surface area contributed by atoms with Crippen molar-refractivity contribution in [2.45, 2.75) is 12.8 Å². The van der Waals surface area contributed by atoms with Gasteiger partial charge in [0, 0.05) is 5.88 Å². The van der Waals surface area contributed by atoms with E-state index in [4.69, 9.17) is 11.6 Å². The van der Waals surface area contributed by atoms with Crippen LogP contribution in [0.2, 0.25) is 0 Å². The van der Waals surface area contributed by atoms with E-state index in [1.54, 1.807) is 0 Å². The molecule has 1 aromatic carbocycles. The average Bonchev–Trinajstić information content (AvgIpc) is 2.09. The second-order valence-corrected chi connectivity index (χ2v) is 2.69. The summed E-state index contributed by atoms with van der Waals surface area (Å²) in [5, 5.41) is 0. The molecule has 0 aliphatic rings. The largest absolute Gasteiger partial charge is 0.240 e. The highest BCUT2D eigenvalue weighted by Gasteiger charge is 2.01. The molecule has 12 heavy (non-hydrogen) atoms. The molecule has 0 atom stereocenters. The highest BCUT2D eigenvalue weighted by molar-refractivity contribution is 6.17. The number of aryl methyl sites for hydroxylation is 1. The second-order valence-electron chi connectivity index (χ2n) is 2.42. The van der Waals surface area contributed by atoms with Crippen molar-refractivity contribution in [3.8, 4) is 0 Å². The number of benzene rings is 1. The van der Waals surface area contributed by atoms with Crippen molar-refractivity contribution in [3.05, 3.63) is 29.3 Å². The van der Waals surface area contributed by atoms with Gasteiger partial charge >= 0.3 is 0 Å². The number of hydrogen-bond donors (Lipinski definition) is 0. The lowest BCUT2D eigenvalue weighted by Crippen LogP contribution is -1.82. The van der Waals surface area contributed by atoms with Crippen LogP contribution in [0, 0.1) is 6.92 Å². The van der Waals surface area contributed by atoms with E-state index in [1.165, 1.54) is 6.08 Å². The normalized spacial score (nSPS) is 9.17. The van der Waals surface area contributed by atoms with Crippen LogP contribution in [0.15, 0.2) is 23.2 Å². The van der Waals surface area contributed by atoms with Crippen LogP contribution in [0.5, 0.6) is 0 Å². The molecule has 0 saturated carbocycles. The van der Waals surface area contributed by atoms with Gasteiger partial charge in [0.15, 0.2) is 0 Å². The number of isocyanates is 1. The Hall–Kier alpha value is -1.11. The van der Waals surface area contributed by atoms with E-state index in [-0.39, 0.29) is 0 Å². The summed E-state index contributed by atoms with van der Waals surface area (Å²) in [6.45, 7) is 1.88. The summed E-state index contributed by atoms with van der Waals surface area (Å²) in [6.07, 6.45) is 1.52. The van der Waals surface area contributed by atoms with Gasteiger partial charge in [-0.2, -0.15) is 4.99 Å². The number of aliphatic imine (C=N–C) groups is 1. The molecule has 0 N–H and O–H groups in total. The molecule has 2 nitrogen and oxygen atoms in total. The van der Waals surface area contributed by atoms with Gasteiger partial charge in [0.1, 0.15) is 0 Å². The summed E-state index contributed by atoms with van der Waals surface area (Å²) in [6, 6.07) is 5.61. The summed E-state index contributed by atoms with van der Waals surface area (Å²) in [7, 11) is 0. The zero-order valence-electron chi connectivity index (χ0n) is 6.67. The predicted octanol–water partition coefficient (Wildman–Crippen LogP) is 2.70. The zero-order valence-corrected chi connectivity index (χ0v) is 7.43. The van der Waals surface area contributed by atoms with Crippen LogP contribution < -0.4 is 0 Å².